The van der Waals surface area contributed by atoms with Gasteiger partial charge in [-0.2, -0.15) is 0 Å². The number of carbonyl (C=O) groups excluding carboxylic acids is 3. The molecule has 19 heavy (non-hydrogen) atoms. The van der Waals surface area contributed by atoms with E-state index < -0.39 is 11.5 Å². The van der Waals surface area contributed by atoms with Gasteiger partial charge < -0.3 is 5.32 Å². The summed E-state index contributed by atoms with van der Waals surface area (Å²) in [5.41, 5.74) is -0.756. The van der Waals surface area contributed by atoms with E-state index >= 15 is 0 Å². The number of Topliss-reactive ketones (excluding diaryl/α,β-unsaturated/α-hetero) is 2. The molecule has 0 aromatic rings. The topological polar surface area (TPSA) is 63.2 Å². The van der Waals surface area contributed by atoms with E-state index in [-0.39, 0.29) is 23.4 Å². The second-order valence-corrected chi connectivity index (χ2v) is 6.41. The van der Waals surface area contributed by atoms with E-state index in [4.69, 9.17) is 0 Å². The lowest BCUT2D eigenvalue weighted by Crippen LogP contribution is -2.56. The Hall–Kier alpha value is -1.19. The lowest BCUT2D eigenvalue weighted by molar-refractivity contribution is -0.139. The van der Waals surface area contributed by atoms with Crippen LogP contribution in [-0.2, 0) is 14.4 Å². The molecular formula is C15H23NO3. The van der Waals surface area contributed by atoms with Crippen LogP contribution in [0.1, 0.15) is 58.8 Å². The van der Waals surface area contributed by atoms with Gasteiger partial charge in [-0.15, -0.1) is 0 Å². The quantitative estimate of drug-likeness (QED) is 0.794. The number of rotatable bonds is 3. The zero-order valence-corrected chi connectivity index (χ0v) is 11.8. The highest BCUT2D eigenvalue weighted by Gasteiger charge is 2.43. The molecular weight excluding hydrogens is 242 g/mol. The van der Waals surface area contributed by atoms with Crippen molar-refractivity contribution in [3.63, 3.8) is 0 Å². The average Bonchev–Trinajstić information content (AvgIpc) is 2.80. The molecule has 1 N–H and O–H groups in total. The van der Waals surface area contributed by atoms with Crippen LogP contribution in [0.5, 0.6) is 0 Å². The van der Waals surface area contributed by atoms with Crippen LogP contribution in [0.3, 0.4) is 0 Å². The van der Waals surface area contributed by atoms with Crippen LogP contribution in [0, 0.1) is 11.8 Å². The van der Waals surface area contributed by atoms with Gasteiger partial charge >= 0.3 is 0 Å². The summed E-state index contributed by atoms with van der Waals surface area (Å²) in [4.78, 5) is 36.1. The SMILES string of the molecule is CC(C)(NC(=O)C1CCCC1)C1C(=O)CCCC1=O. The summed E-state index contributed by atoms with van der Waals surface area (Å²) in [6.07, 6.45) is 5.61. The van der Waals surface area contributed by atoms with E-state index in [0.29, 0.717) is 19.3 Å². The van der Waals surface area contributed by atoms with Crippen LogP contribution in [0.4, 0.5) is 0 Å². The van der Waals surface area contributed by atoms with E-state index in [0.717, 1.165) is 25.7 Å². The van der Waals surface area contributed by atoms with Gasteiger partial charge in [0.15, 0.2) is 0 Å². The summed E-state index contributed by atoms with van der Waals surface area (Å²) in [5, 5.41) is 2.95. The Bertz CT molecular complexity index is 378. The molecule has 0 saturated heterocycles. The van der Waals surface area contributed by atoms with E-state index in [9.17, 15) is 14.4 Å². The van der Waals surface area contributed by atoms with Crippen LogP contribution >= 0.6 is 0 Å². The minimum absolute atomic E-state index is 0.00803. The summed E-state index contributed by atoms with van der Waals surface area (Å²) >= 11 is 0. The normalized spacial score (nSPS) is 22.8. The molecule has 0 atom stereocenters. The third-order valence-corrected chi connectivity index (χ3v) is 4.38. The molecule has 0 bridgehead atoms. The summed E-state index contributed by atoms with van der Waals surface area (Å²) in [5.74, 6) is -0.630. The Kier molecular flexibility index (Phi) is 4.07. The van der Waals surface area contributed by atoms with Gasteiger partial charge in [0.05, 0.1) is 11.5 Å². The fourth-order valence-electron chi connectivity index (χ4n) is 3.39. The van der Waals surface area contributed by atoms with Crippen molar-refractivity contribution in [2.24, 2.45) is 11.8 Å². The van der Waals surface area contributed by atoms with Crippen molar-refractivity contribution < 1.29 is 14.4 Å². The maximum atomic E-state index is 12.2. The molecule has 0 heterocycles. The van der Waals surface area contributed by atoms with E-state index in [1.807, 2.05) is 0 Å². The zero-order chi connectivity index (χ0) is 14.0. The zero-order valence-electron chi connectivity index (χ0n) is 11.8. The number of amides is 1. The molecule has 2 aliphatic carbocycles. The maximum absolute atomic E-state index is 12.2. The van der Waals surface area contributed by atoms with Gasteiger partial charge in [0.1, 0.15) is 11.6 Å². The second-order valence-electron chi connectivity index (χ2n) is 6.41. The minimum atomic E-state index is -0.756. The van der Waals surface area contributed by atoms with Crippen molar-refractivity contribution in [2.45, 2.75) is 64.3 Å². The van der Waals surface area contributed by atoms with E-state index in [2.05, 4.69) is 5.32 Å². The molecule has 4 nitrogen and oxygen atoms in total. The van der Waals surface area contributed by atoms with Crippen LogP contribution in [0.15, 0.2) is 0 Å². The molecule has 0 aromatic heterocycles. The summed E-state index contributed by atoms with van der Waals surface area (Å²) < 4.78 is 0. The number of hydrogen-bond donors (Lipinski definition) is 1. The fourth-order valence-corrected chi connectivity index (χ4v) is 3.39. The standard InChI is InChI=1S/C15H23NO3/c1-15(2,13-11(17)8-5-9-12(13)18)16-14(19)10-6-3-4-7-10/h10,13H,3-9H2,1-2H3,(H,16,19). The molecule has 1 amide bonds. The number of hydrogen-bond acceptors (Lipinski definition) is 3. The van der Waals surface area contributed by atoms with Gasteiger partial charge in [-0.3, -0.25) is 14.4 Å². The Labute approximate surface area is 114 Å². The first kappa shape index (κ1) is 14.2. The van der Waals surface area contributed by atoms with Gasteiger partial charge in [0.25, 0.3) is 0 Å². The fraction of sp³-hybridized carbons (Fsp3) is 0.800. The molecule has 0 aromatic carbocycles. The highest BCUT2D eigenvalue weighted by atomic mass is 16.2. The lowest BCUT2D eigenvalue weighted by Gasteiger charge is -2.36. The maximum Gasteiger partial charge on any atom is 0.223 e. The molecule has 0 radical (unpaired) electrons. The molecule has 0 spiro atoms. The van der Waals surface area contributed by atoms with E-state index in [1.165, 1.54) is 0 Å². The third kappa shape index (κ3) is 3.04. The van der Waals surface area contributed by atoms with Crippen LogP contribution < -0.4 is 5.32 Å². The molecule has 4 heteroatoms. The Morgan fingerprint density at radius 1 is 1.05 bits per heavy atom. The number of carbonyl (C=O) groups is 3. The van der Waals surface area contributed by atoms with Crippen molar-refractivity contribution in [2.75, 3.05) is 0 Å². The number of nitrogens with one attached hydrogen (secondary N) is 1. The molecule has 0 unspecified atom stereocenters. The highest BCUT2D eigenvalue weighted by Crippen LogP contribution is 2.30. The largest absolute Gasteiger partial charge is 0.350 e. The smallest absolute Gasteiger partial charge is 0.223 e. The Balaban J connectivity index is 2.05. The van der Waals surface area contributed by atoms with Crippen molar-refractivity contribution >= 4 is 17.5 Å². The third-order valence-electron chi connectivity index (χ3n) is 4.38. The van der Waals surface area contributed by atoms with Crippen LogP contribution in [-0.4, -0.2) is 23.0 Å². The van der Waals surface area contributed by atoms with Gasteiger partial charge in [0.2, 0.25) is 5.91 Å². The summed E-state index contributed by atoms with van der Waals surface area (Å²) in [6, 6.07) is 0. The molecule has 2 saturated carbocycles. The minimum Gasteiger partial charge on any atom is -0.350 e. The summed E-state index contributed by atoms with van der Waals surface area (Å²) in [6.45, 7) is 3.59. The predicted molar refractivity (Wildman–Crippen MR) is 71.5 cm³/mol. The molecule has 2 rings (SSSR count). The van der Waals surface area contributed by atoms with Gasteiger partial charge in [-0.1, -0.05) is 12.8 Å². The highest BCUT2D eigenvalue weighted by molar-refractivity contribution is 6.06. The molecule has 106 valence electrons. The van der Waals surface area contributed by atoms with E-state index in [1.54, 1.807) is 13.8 Å². The predicted octanol–water partition coefficient (Wildman–Crippen LogP) is 2.01. The monoisotopic (exact) mass is 265 g/mol. The van der Waals surface area contributed by atoms with Crippen LogP contribution in [0.25, 0.3) is 0 Å². The lowest BCUT2D eigenvalue weighted by atomic mass is 9.74. The first-order valence-corrected chi connectivity index (χ1v) is 7.29. The van der Waals surface area contributed by atoms with Crippen molar-refractivity contribution in [1.82, 2.24) is 5.32 Å². The molecule has 2 fully saturated rings. The Morgan fingerprint density at radius 2 is 1.58 bits per heavy atom. The van der Waals surface area contributed by atoms with Crippen molar-refractivity contribution in [3.8, 4) is 0 Å². The van der Waals surface area contributed by atoms with Gasteiger partial charge in [-0.25, -0.2) is 0 Å². The Morgan fingerprint density at radius 3 is 2.11 bits per heavy atom. The van der Waals surface area contributed by atoms with Crippen molar-refractivity contribution in [3.05, 3.63) is 0 Å². The first-order chi connectivity index (χ1) is 8.92. The van der Waals surface area contributed by atoms with Gasteiger partial charge in [0, 0.05) is 18.8 Å². The molecule has 2 aliphatic rings. The number of ketones is 2. The summed E-state index contributed by atoms with van der Waals surface area (Å²) in [7, 11) is 0. The second kappa shape index (κ2) is 5.43. The first-order valence-electron chi connectivity index (χ1n) is 7.29. The van der Waals surface area contributed by atoms with Gasteiger partial charge in [-0.05, 0) is 33.1 Å². The molecule has 0 aliphatic heterocycles. The van der Waals surface area contributed by atoms with Crippen molar-refractivity contribution in [1.29, 1.82) is 0 Å². The average molecular weight is 265 g/mol. The van der Waals surface area contributed by atoms with Crippen LogP contribution in [0.2, 0.25) is 0 Å².